The van der Waals surface area contributed by atoms with Crippen LogP contribution in [0.2, 0.25) is 0 Å². The molecule has 0 amide bonds. The summed E-state index contributed by atoms with van der Waals surface area (Å²) in [4.78, 5) is 0. The minimum atomic E-state index is 1.07. The Bertz CT molecular complexity index is 208. The van der Waals surface area contributed by atoms with Crippen molar-refractivity contribution in [1.82, 2.24) is 0 Å². The van der Waals surface area contributed by atoms with E-state index in [2.05, 4.69) is 50.3 Å². The lowest BCUT2D eigenvalue weighted by Gasteiger charge is -1.97. The van der Waals surface area contributed by atoms with Gasteiger partial charge >= 0.3 is 0 Å². The lowest BCUT2D eigenvalue weighted by Crippen LogP contribution is -1.77. The van der Waals surface area contributed by atoms with Gasteiger partial charge in [0.1, 0.15) is 0 Å². The third-order valence-corrected chi connectivity index (χ3v) is 2.73. The number of allylic oxidation sites excluding steroid dienone is 6. The Morgan fingerprint density at radius 3 is 2.00 bits per heavy atom. The molecular formula is C17H29. The summed E-state index contributed by atoms with van der Waals surface area (Å²) in [7, 11) is 0. The summed E-state index contributed by atoms with van der Waals surface area (Å²) in [5.74, 6) is 0. The summed E-state index contributed by atoms with van der Waals surface area (Å²) in [6, 6.07) is 0. The summed E-state index contributed by atoms with van der Waals surface area (Å²) in [5.41, 5.74) is 0. The second-order valence-corrected chi connectivity index (χ2v) is 4.39. The van der Waals surface area contributed by atoms with Crippen molar-refractivity contribution in [1.29, 1.82) is 0 Å². The van der Waals surface area contributed by atoms with E-state index in [0.717, 1.165) is 19.3 Å². The van der Waals surface area contributed by atoms with Crippen molar-refractivity contribution in [2.45, 2.75) is 64.7 Å². The van der Waals surface area contributed by atoms with Crippen LogP contribution in [0.4, 0.5) is 0 Å². The van der Waals surface area contributed by atoms with Gasteiger partial charge in [-0.05, 0) is 32.6 Å². The van der Waals surface area contributed by atoms with E-state index in [4.69, 9.17) is 0 Å². The molecule has 17 heavy (non-hydrogen) atoms. The van der Waals surface area contributed by atoms with Crippen molar-refractivity contribution >= 4 is 0 Å². The second-order valence-electron chi connectivity index (χ2n) is 4.39. The molecule has 0 aromatic rings. The Balaban J connectivity index is 3.17. The van der Waals surface area contributed by atoms with Gasteiger partial charge in [-0.25, -0.2) is 0 Å². The van der Waals surface area contributed by atoms with Crippen LogP contribution < -0.4 is 0 Å². The average molecular weight is 233 g/mol. The maximum atomic E-state index is 3.86. The highest BCUT2D eigenvalue weighted by Gasteiger charge is 1.87. The van der Waals surface area contributed by atoms with E-state index >= 15 is 0 Å². The van der Waals surface area contributed by atoms with Gasteiger partial charge in [-0.15, -0.1) is 0 Å². The lowest BCUT2D eigenvalue weighted by molar-refractivity contribution is 0.621. The van der Waals surface area contributed by atoms with Crippen LogP contribution in [0.1, 0.15) is 64.7 Å². The van der Waals surface area contributed by atoms with Crippen molar-refractivity contribution in [2.75, 3.05) is 0 Å². The monoisotopic (exact) mass is 233 g/mol. The summed E-state index contributed by atoms with van der Waals surface area (Å²) in [6.45, 7) is 5.92. The van der Waals surface area contributed by atoms with Crippen LogP contribution in [-0.2, 0) is 0 Å². The maximum Gasteiger partial charge on any atom is -0.0169 e. The second kappa shape index (κ2) is 15.2. The van der Waals surface area contributed by atoms with Gasteiger partial charge in [0, 0.05) is 0 Å². The predicted octanol–water partition coefficient (Wildman–Crippen LogP) is 6.02. The normalized spacial score (nSPS) is 12.4. The van der Waals surface area contributed by atoms with E-state index < -0.39 is 0 Å². The molecular weight excluding hydrogens is 204 g/mol. The Morgan fingerprint density at radius 1 is 0.706 bits per heavy atom. The molecule has 0 N–H and O–H groups in total. The highest BCUT2D eigenvalue weighted by atomic mass is 13.9. The third kappa shape index (κ3) is 15.2. The molecule has 0 heteroatoms. The Labute approximate surface area is 109 Å². The fourth-order valence-corrected chi connectivity index (χ4v) is 1.67. The van der Waals surface area contributed by atoms with Gasteiger partial charge in [-0.3, -0.25) is 0 Å². The third-order valence-electron chi connectivity index (χ3n) is 2.73. The SMILES string of the molecule is [CH2]CCCCCCC/C=C\C/C=C\C/C=C\C. The van der Waals surface area contributed by atoms with E-state index in [1.807, 2.05) is 0 Å². The van der Waals surface area contributed by atoms with Crippen molar-refractivity contribution < 1.29 is 0 Å². The van der Waals surface area contributed by atoms with Gasteiger partial charge in [0.15, 0.2) is 0 Å². The topological polar surface area (TPSA) is 0 Å². The molecule has 0 atom stereocenters. The largest absolute Gasteiger partial charge is 0.0914 e. The minimum absolute atomic E-state index is 1.07. The zero-order valence-corrected chi connectivity index (χ0v) is 11.5. The summed E-state index contributed by atoms with van der Waals surface area (Å²) < 4.78 is 0. The fourth-order valence-electron chi connectivity index (χ4n) is 1.67. The molecule has 0 saturated heterocycles. The zero-order valence-electron chi connectivity index (χ0n) is 11.5. The van der Waals surface area contributed by atoms with Crippen LogP contribution in [0.3, 0.4) is 0 Å². The van der Waals surface area contributed by atoms with Crippen LogP contribution in [0.5, 0.6) is 0 Å². The Kier molecular flexibility index (Phi) is 14.5. The molecule has 0 unspecified atom stereocenters. The van der Waals surface area contributed by atoms with Crippen LogP contribution in [-0.4, -0.2) is 0 Å². The Morgan fingerprint density at radius 2 is 1.29 bits per heavy atom. The first kappa shape index (κ1) is 16.2. The average Bonchev–Trinajstić information content (AvgIpc) is 2.35. The van der Waals surface area contributed by atoms with Crippen LogP contribution in [0.15, 0.2) is 36.5 Å². The first-order valence-electron chi connectivity index (χ1n) is 7.12. The van der Waals surface area contributed by atoms with E-state index in [-0.39, 0.29) is 0 Å². The van der Waals surface area contributed by atoms with Gasteiger partial charge in [0.2, 0.25) is 0 Å². The molecule has 0 aromatic carbocycles. The maximum absolute atomic E-state index is 3.86. The molecule has 0 fully saturated rings. The predicted molar refractivity (Wildman–Crippen MR) is 80.0 cm³/mol. The van der Waals surface area contributed by atoms with Gasteiger partial charge in [-0.2, -0.15) is 0 Å². The van der Waals surface area contributed by atoms with E-state index in [1.54, 1.807) is 0 Å². The van der Waals surface area contributed by atoms with Crippen molar-refractivity contribution in [3.8, 4) is 0 Å². The Hall–Kier alpha value is -0.780. The minimum Gasteiger partial charge on any atom is -0.0914 e. The molecule has 0 rings (SSSR count). The standard InChI is InChI=1S/C17H29/c1-3-5-7-9-11-13-15-17-16-14-12-10-8-6-4-2/h4,6,10,12,16-17H,1,3,5,7-9,11,13-15H2,2H3/b6-4-,12-10-,17-16-. The molecule has 1 radical (unpaired) electrons. The number of unbranched alkanes of at least 4 members (excludes halogenated alkanes) is 6. The van der Waals surface area contributed by atoms with Gasteiger partial charge in [-0.1, -0.05) is 75.5 Å². The molecule has 0 aliphatic carbocycles. The van der Waals surface area contributed by atoms with Crippen molar-refractivity contribution in [3.63, 3.8) is 0 Å². The molecule has 0 spiro atoms. The fraction of sp³-hybridized carbons (Fsp3) is 0.588. The first-order chi connectivity index (χ1) is 8.41. The molecule has 0 bridgehead atoms. The number of rotatable bonds is 11. The van der Waals surface area contributed by atoms with Crippen LogP contribution >= 0.6 is 0 Å². The molecule has 0 saturated carbocycles. The highest BCUT2D eigenvalue weighted by Crippen LogP contribution is 2.07. The lowest BCUT2D eigenvalue weighted by atomic mass is 10.1. The molecule has 97 valence electrons. The summed E-state index contributed by atoms with van der Waals surface area (Å²) >= 11 is 0. The van der Waals surface area contributed by atoms with E-state index in [0.29, 0.717) is 0 Å². The molecule has 0 nitrogen and oxygen atoms in total. The quantitative estimate of drug-likeness (QED) is 0.302. The van der Waals surface area contributed by atoms with Crippen LogP contribution in [0, 0.1) is 6.92 Å². The van der Waals surface area contributed by atoms with E-state index in [9.17, 15) is 0 Å². The van der Waals surface area contributed by atoms with Crippen LogP contribution in [0.25, 0.3) is 0 Å². The number of hydrogen-bond donors (Lipinski definition) is 0. The zero-order chi connectivity index (χ0) is 12.6. The smallest absolute Gasteiger partial charge is 0.0169 e. The van der Waals surface area contributed by atoms with Gasteiger partial charge in [0.25, 0.3) is 0 Å². The molecule has 0 aliphatic heterocycles. The molecule has 0 aromatic heterocycles. The van der Waals surface area contributed by atoms with Gasteiger partial charge in [0.05, 0.1) is 0 Å². The van der Waals surface area contributed by atoms with Crippen molar-refractivity contribution in [2.24, 2.45) is 0 Å². The molecule has 0 heterocycles. The van der Waals surface area contributed by atoms with E-state index in [1.165, 1.54) is 38.5 Å². The highest BCUT2D eigenvalue weighted by molar-refractivity contribution is 4.96. The summed E-state index contributed by atoms with van der Waals surface area (Å²) in [6.07, 6.45) is 24.6. The van der Waals surface area contributed by atoms with Crippen molar-refractivity contribution in [3.05, 3.63) is 43.4 Å². The summed E-state index contributed by atoms with van der Waals surface area (Å²) in [5, 5.41) is 0. The molecule has 0 aliphatic rings. The van der Waals surface area contributed by atoms with Gasteiger partial charge < -0.3 is 0 Å². The first-order valence-corrected chi connectivity index (χ1v) is 7.12. The number of hydrogen-bond acceptors (Lipinski definition) is 0.